The third-order valence-corrected chi connectivity index (χ3v) is 5.77. The van der Waals surface area contributed by atoms with Gasteiger partial charge in [0, 0.05) is 5.70 Å². The fourth-order valence-electron chi connectivity index (χ4n) is 4.24. The van der Waals surface area contributed by atoms with E-state index in [1.54, 1.807) is 0 Å². The first kappa shape index (κ1) is 20.8. The normalized spacial score (nSPS) is 15.2. The first-order chi connectivity index (χ1) is 16.2. The van der Waals surface area contributed by atoms with E-state index >= 15 is 0 Å². The van der Waals surface area contributed by atoms with Crippen molar-refractivity contribution < 1.29 is 14.3 Å². The molecule has 1 aliphatic rings. The second kappa shape index (κ2) is 8.82. The van der Waals surface area contributed by atoms with E-state index in [1.807, 2.05) is 92.7 Å². The molecule has 0 bridgehead atoms. The van der Waals surface area contributed by atoms with Crippen molar-refractivity contribution in [2.24, 2.45) is 0 Å². The maximum atomic E-state index is 13.0. The second-order valence-corrected chi connectivity index (χ2v) is 7.92. The standard InChI is InChI=1S/C27H25N3O3/c1-3-32-26(31)24-18(2)28-27-29-22-11-7-8-12-23(22)30(27)25(24)20-13-15-21(16-14-20)33-17-19-9-5-4-6-10-19/h4-16,25H,3,17H2,1-2H3,(H,28,29). The highest BCUT2D eigenvalue weighted by molar-refractivity contribution is 5.94. The summed E-state index contributed by atoms with van der Waals surface area (Å²) >= 11 is 0. The van der Waals surface area contributed by atoms with Crippen molar-refractivity contribution >= 4 is 23.0 Å². The zero-order valence-electron chi connectivity index (χ0n) is 18.6. The molecule has 1 aliphatic heterocycles. The Morgan fingerprint density at radius 3 is 2.48 bits per heavy atom. The second-order valence-electron chi connectivity index (χ2n) is 7.92. The summed E-state index contributed by atoms with van der Waals surface area (Å²) in [6, 6.07) is 25.5. The lowest BCUT2D eigenvalue weighted by atomic mass is 9.95. The molecule has 2 heterocycles. The number of nitrogens with zero attached hydrogens (tertiary/aromatic N) is 2. The summed E-state index contributed by atoms with van der Waals surface area (Å²) in [7, 11) is 0. The first-order valence-corrected chi connectivity index (χ1v) is 11.0. The van der Waals surface area contributed by atoms with Gasteiger partial charge in [-0.15, -0.1) is 0 Å². The number of nitrogens with one attached hydrogen (secondary N) is 1. The summed E-state index contributed by atoms with van der Waals surface area (Å²) in [5.74, 6) is 1.14. The lowest BCUT2D eigenvalue weighted by molar-refractivity contribution is -0.139. The van der Waals surface area contributed by atoms with Crippen molar-refractivity contribution in [3.63, 3.8) is 0 Å². The Balaban J connectivity index is 1.53. The monoisotopic (exact) mass is 439 g/mol. The highest BCUT2D eigenvalue weighted by Crippen LogP contribution is 2.39. The Morgan fingerprint density at radius 1 is 1.00 bits per heavy atom. The number of rotatable bonds is 6. The Labute approximate surface area is 192 Å². The highest BCUT2D eigenvalue weighted by Gasteiger charge is 2.34. The van der Waals surface area contributed by atoms with Crippen molar-refractivity contribution in [2.75, 3.05) is 11.9 Å². The fourth-order valence-corrected chi connectivity index (χ4v) is 4.24. The van der Waals surface area contributed by atoms with Crippen LogP contribution in [0.2, 0.25) is 0 Å². The molecule has 5 rings (SSSR count). The number of fused-ring (bicyclic) bond motifs is 3. The molecule has 0 radical (unpaired) electrons. The van der Waals surface area contributed by atoms with Gasteiger partial charge in [0.25, 0.3) is 0 Å². The van der Waals surface area contributed by atoms with Crippen LogP contribution >= 0.6 is 0 Å². The summed E-state index contributed by atoms with van der Waals surface area (Å²) in [5.41, 5.74) is 5.19. The number of imidazole rings is 1. The molecule has 0 amide bonds. The van der Waals surface area contributed by atoms with E-state index in [9.17, 15) is 4.79 Å². The molecule has 1 N–H and O–H groups in total. The third kappa shape index (κ3) is 3.96. The number of ether oxygens (including phenoxy) is 2. The lowest BCUT2D eigenvalue weighted by Gasteiger charge is -2.30. The van der Waals surface area contributed by atoms with Gasteiger partial charge in [-0.2, -0.15) is 0 Å². The van der Waals surface area contributed by atoms with Gasteiger partial charge in [0.2, 0.25) is 5.95 Å². The lowest BCUT2D eigenvalue weighted by Crippen LogP contribution is -2.29. The van der Waals surface area contributed by atoms with Crippen molar-refractivity contribution in [1.29, 1.82) is 0 Å². The number of allylic oxidation sites excluding steroid dienone is 1. The molecule has 0 aliphatic carbocycles. The summed E-state index contributed by atoms with van der Waals surface area (Å²) in [4.78, 5) is 17.7. The molecule has 6 heteroatoms. The number of carbonyl (C=O) groups excluding carboxylic acids is 1. The number of anilines is 1. The van der Waals surface area contributed by atoms with Gasteiger partial charge in [-0.1, -0.05) is 54.6 Å². The molecule has 0 spiro atoms. The maximum Gasteiger partial charge on any atom is 0.338 e. The van der Waals surface area contributed by atoms with E-state index in [2.05, 4.69) is 9.88 Å². The van der Waals surface area contributed by atoms with Crippen molar-refractivity contribution in [2.45, 2.75) is 26.5 Å². The van der Waals surface area contributed by atoms with Gasteiger partial charge in [0.1, 0.15) is 12.4 Å². The fraction of sp³-hybridized carbons (Fsp3) is 0.185. The average molecular weight is 440 g/mol. The van der Waals surface area contributed by atoms with E-state index in [0.29, 0.717) is 24.7 Å². The van der Waals surface area contributed by atoms with Gasteiger partial charge >= 0.3 is 5.97 Å². The number of aromatic nitrogens is 2. The minimum atomic E-state index is -0.365. The van der Waals surface area contributed by atoms with Crippen molar-refractivity contribution in [3.8, 4) is 5.75 Å². The van der Waals surface area contributed by atoms with Crippen LogP contribution in [0.25, 0.3) is 11.0 Å². The van der Waals surface area contributed by atoms with Gasteiger partial charge in [0.15, 0.2) is 0 Å². The SMILES string of the molecule is CCOC(=O)C1=C(C)Nc2nc3ccccc3n2C1c1ccc(OCc2ccccc2)cc1. The molecule has 0 saturated carbocycles. The molecule has 3 aromatic carbocycles. The van der Waals surface area contributed by atoms with Crippen LogP contribution in [0.5, 0.6) is 5.75 Å². The molecule has 1 atom stereocenters. The van der Waals surface area contributed by atoms with E-state index in [0.717, 1.165) is 33.6 Å². The van der Waals surface area contributed by atoms with Crippen LogP contribution in [0.15, 0.2) is 90.1 Å². The molecule has 4 aromatic rings. The smallest absolute Gasteiger partial charge is 0.338 e. The molecular weight excluding hydrogens is 414 g/mol. The summed E-state index contributed by atoms with van der Waals surface area (Å²) in [6.07, 6.45) is 0. The first-order valence-electron chi connectivity index (χ1n) is 11.0. The van der Waals surface area contributed by atoms with Gasteiger partial charge in [0.05, 0.1) is 29.3 Å². The van der Waals surface area contributed by atoms with Gasteiger partial charge in [-0.25, -0.2) is 9.78 Å². The van der Waals surface area contributed by atoms with Crippen LogP contribution in [-0.2, 0) is 16.1 Å². The predicted octanol–water partition coefficient (Wildman–Crippen LogP) is 5.47. The summed E-state index contributed by atoms with van der Waals surface area (Å²) < 4.78 is 13.4. The van der Waals surface area contributed by atoms with Crippen molar-refractivity contribution in [3.05, 3.63) is 101 Å². The van der Waals surface area contributed by atoms with Gasteiger partial charge in [-0.05, 0) is 49.2 Å². The molecule has 0 saturated heterocycles. The van der Waals surface area contributed by atoms with E-state index in [4.69, 9.17) is 14.5 Å². The zero-order chi connectivity index (χ0) is 22.8. The van der Waals surface area contributed by atoms with Crippen LogP contribution in [0.3, 0.4) is 0 Å². The number of hydrogen-bond donors (Lipinski definition) is 1. The number of benzene rings is 3. The van der Waals surface area contributed by atoms with Crippen LogP contribution in [0.4, 0.5) is 5.95 Å². The van der Waals surface area contributed by atoms with E-state index < -0.39 is 0 Å². The Hall–Kier alpha value is -4.06. The molecule has 6 nitrogen and oxygen atoms in total. The maximum absolute atomic E-state index is 13.0. The van der Waals surface area contributed by atoms with E-state index in [1.165, 1.54) is 0 Å². The van der Waals surface area contributed by atoms with Crippen LogP contribution in [0.1, 0.15) is 31.0 Å². The summed E-state index contributed by atoms with van der Waals surface area (Å²) in [5, 5.41) is 3.29. The predicted molar refractivity (Wildman–Crippen MR) is 128 cm³/mol. The van der Waals surface area contributed by atoms with Crippen LogP contribution in [-0.4, -0.2) is 22.1 Å². The number of esters is 1. The van der Waals surface area contributed by atoms with Crippen LogP contribution < -0.4 is 10.1 Å². The molecule has 1 aromatic heterocycles. The van der Waals surface area contributed by atoms with Gasteiger partial charge in [-0.3, -0.25) is 4.57 Å². The highest BCUT2D eigenvalue weighted by atomic mass is 16.5. The average Bonchev–Trinajstić information content (AvgIpc) is 3.21. The quantitative estimate of drug-likeness (QED) is 0.404. The summed E-state index contributed by atoms with van der Waals surface area (Å²) in [6.45, 7) is 4.51. The largest absolute Gasteiger partial charge is 0.489 e. The molecular formula is C27H25N3O3. The van der Waals surface area contributed by atoms with Crippen LogP contribution in [0, 0.1) is 0 Å². The van der Waals surface area contributed by atoms with Crippen molar-refractivity contribution in [1.82, 2.24) is 9.55 Å². The molecule has 0 fully saturated rings. The molecule has 33 heavy (non-hydrogen) atoms. The van der Waals surface area contributed by atoms with Gasteiger partial charge < -0.3 is 14.8 Å². The topological polar surface area (TPSA) is 65.4 Å². The van der Waals surface area contributed by atoms with E-state index in [-0.39, 0.29) is 12.0 Å². The number of hydrogen-bond acceptors (Lipinski definition) is 5. The number of para-hydroxylation sites is 2. The number of carbonyl (C=O) groups is 1. The minimum absolute atomic E-state index is 0.312. The third-order valence-electron chi connectivity index (χ3n) is 5.77. The Bertz CT molecular complexity index is 1320. The Kier molecular flexibility index (Phi) is 5.57. The zero-order valence-corrected chi connectivity index (χ0v) is 18.6. The Morgan fingerprint density at radius 2 is 1.73 bits per heavy atom. The molecule has 1 unspecified atom stereocenters. The molecule has 166 valence electrons. The minimum Gasteiger partial charge on any atom is -0.489 e.